The molecule has 6 nitrogen and oxygen atoms in total. The molecule has 0 N–H and O–H groups in total. The highest BCUT2D eigenvalue weighted by Gasteiger charge is 2.48. The lowest BCUT2D eigenvalue weighted by atomic mass is 9.76. The van der Waals surface area contributed by atoms with E-state index in [-0.39, 0.29) is 11.5 Å². The van der Waals surface area contributed by atoms with E-state index >= 15 is 0 Å². The van der Waals surface area contributed by atoms with Crippen LogP contribution in [-0.4, -0.2) is 68.3 Å². The van der Waals surface area contributed by atoms with Gasteiger partial charge in [-0.1, -0.05) is 0 Å². The van der Waals surface area contributed by atoms with Crippen LogP contribution in [0.3, 0.4) is 0 Å². The topological polar surface area (TPSA) is 62.7 Å². The van der Waals surface area contributed by atoms with E-state index < -0.39 is 10.0 Å². The molecule has 2 fully saturated rings. The second kappa shape index (κ2) is 6.76. The number of hydrogen-bond acceptors (Lipinski definition) is 6. The van der Waals surface area contributed by atoms with Crippen molar-refractivity contribution in [1.29, 1.82) is 0 Å². The van der Waals surface area contributed by atoms with Crippen LogP contribution >= 0.6 is 11.3 Å². The second-order valence-corrected chi connectivity index (χ2v) is 9.74. The molecule has 8 heteroatoms. The average molecular weight is 360 g/mol. The summed E-state index contributed by atoms with van der Waals surface area (Å²) in [6.07, 6.45) is 6.17. The van der Waals surface area contributed by atoms with Gasteiger partial charge in [-0.3, -0.25) is 4.90 Å². The van der Waals surface area contributed by atoms with E-state index in [0.29, 0.717) is 13.2 Å². The van der Waals surface area contributed by atoms with Gasteiger partial charge in [0.25, 0.3) is 0 Å². The Hall–Kier alpha value is -0.540. The third kappa shape index (κ3) is 3.93. The quantitative estimate of drug-likeness (QED) is 0.795. The molecule has 1 spiro atoms. The molecule has 2 saturated heterocycles. The lowest BCUT2D eigenvalue weighted by Crippen LogP contribution is -2.42. The zero-order valence-corrected chi connectivity index (χ0v) is 15.4. The standard InChI is InChI=1S/C15H25N3O3S2/c1-21-11-13-9-15(12-18(13)23(2,19)20)3-6-17(7-4-15)10-14-16-5-8-22-14/h5,8,13H,3-4,6-7,9-12H2,1-2H3/t13-/m1/s1. The first kappa shape index (κ1) is 17.3. The Morgan fingerprint density at radius 1 is 1.43 bits per heavy atom. The van der Waals surface area contributed by atoms with E-state index in [4.69, 9.17) is 4.74 Å². The smallest absolute Gasteiger partial charge is 0.211 e. The van der Waals surface area contributed by atoms with Crippen molar-refractivity contribution in [2.75, 3.05) is 39.6 Å². The number of piperidine rings is 1. The molecule has 2 aliphatic rings. The molecule has 0 amide bonds. The Labute approximate surface area is 142 Å². The number of ether oxygens (including phenoxy) is 1. The highest BCUT2D eigenvalue weighted by Crippen LogP contribution is 2.44. The van der Waals surface area contributed by atoms with E-state index in [1.807, 2.05) is 11.6 Å². The lowest BCUT2D eigenvalue weighted by molar-refractivity contribution is 0.105. The van der Waals surface area contributed by atoms with Gasteiger partial charge in [-0.05, 0) is 37.8 Å². The summed E-state index contributed by atoms with van der Waals surface area (Å²) in [7, 11) is -1.53. The molecule has 0 aromatic carbocycles. The zero-order valence-electron chi connectivity index (χ0n) is 13.8. The molecule has 1 atom stereocenters. The van der Waals surface area contributed by atoms with E-state index in [0.717, 1.165) is 43.9 Å². The predicted octanol–water partition coefficient (Wildman–Crippen LogP) is 1.41. The second-order valence-electron chi connectivity index (χ2n) is 6.82. The van der Waals surface area contributed by atoms with Crippen molar-refractivity contribution in [3.63, 3.8) is 0 Å². The molecule has 3 heterocycles. The van der Waals surface area contributed by atoms with Crippen LogP contribution in [0.4, 0.5) is 0 Å². The van der Waals surface area contributed by atoms with Gasteiger partial charge < -0.3 is 4.74 Å². The van der Waals surface area contributed by atoms with Crippen molar-refractivity contribution in [3.05, 3.63) is 16.6 Å². The minimum atomic E-state index is -3.17. The van der Waals surface area contributed by atoms with Gasteiger partial charge in [0, 0.05) is 31.3 Å². The minimum absolute atomic E-state index is 0.0134. The van der Waals surface area contributed by atoms with Gasteiger partial charge in [-0.25, -0.2) is 13.4 Å². The van der Waals surface area contributed by atoms with Crippen molar-refractivity contribution < 1.29 is 13.2 Å². The fraction of sp³-hybridized carbons (Fsp3) is 0.800. The number of likely N-dealkylation sites (tertiary alicyclic amines) is 1. The molecule has 23 heavy (non-hydrogen) atoms. The summed E-state index contributed by atoms with van der Waals surface area (Å²) in [6, 6.07) is -0.0134. The Balaban J connectivity index is 1.63. The maximum absolute atomic E-state index is 12.1. The molecule has 1 aromatic heterocycles. The van der Waals surface area contributed by atoms with Crippen LogP contribution in [0.5, 0.6) is 0 Å². The Bertz CT molecular complexity index is 610. The SMILES string of the molecule is COC[C@H]1CC2(CCN(Cc3nccs3)CC2)CN1S(C)(=O)=O. The number of methoxy groups -OCH3 is 1. The van der Waals surface area contributed by atoms with Crippen molar-refractivity contribution >= 4 is 21.4 Å². The van der Waals surface area contributed by atoms with Crippen molar-refractivity contribution in [2.45, 2.75) is 31.8 Å². The third-order valence-corrected chi connectivity index (χ3v) is 7.15. The molecular formula is C15H25N3O3S2. The number of thiazole rings is 1. The number of nitrogens with zero attached hydrogens (tertiary/aromatic N) is 3. The van der Waals surface area contributed by atoms with Crippen LogP contribution in [0.15, 0.2) is 11.6 Å². The summed E-state index contributed by atoms with van der Waals surface area (Å²) >= 11 is 1.69. The van der Waals surface area contributed by atoms with Gasteiger partial charge in [0.15, 0.2) is 0 Å². The normalized spacial score (nSPS) is 26.1. The fourth-order valence-corrected chi connectivity index (χ4v) is 5.76. The van der Waals surface area contributed by atoms with Crippen LogP contribution in [0.2, 0.25) is 0 Å². The Kier molecular flexibility index (Phi) is 5.08. The lowest BCUT2D eigenvalue weighted by Gasteiger charge is -2.39. The van der Waals surface area contributed by atoms with Gasteiger partial charge in [-0.15, -0.1) is 11.3 Å². The van der Waals surface area contributed by atoms with Crippen LogP contribution in [-0.2, 0) is 21.3 Å². The first-order valence-electron chi connectivity index (χ1n) is 7.98. The first-order valence-corrected chi connectivity index (χ1v) is 10.7. The van der Waals surface area contributed by atoms with Gasteiger partial charge in [0.1, 0.15) is 5.01 Å². The van der Waals surface area contributed by atoms with Crippen LogP contribution in [0, 0.1) is 5.41 Å². The molecule has 3 rings (SSSR count). The van der Waals surface area contributed by atoms with Crippen LogP contribution in [0.1, 0.15) is 24.3 Å². The molecule has 0 unspecified atom stereocenters. The summed E-state index contributed by atoms with van der Waals surface area (Å²) in [6.45, 7) is 4.06. The van der Waals surface area contributed by atoms with Gasteiger partial charge in [-0.2, -0.15) is 4.31 Å². The molecule has 0 saturated carbocycles. The molecule has 1 aromatic rings. The molecule has 2 aliphatic heterocycles. The Morgan fingerprint density at radius 2 is 2.17 bits per heavy atom. The number of aromatic nitrogens is 1. The predicted molar refractivity (Wildman–Crippen MR) is 90.9 cm³/mol. The Morgan fingerprint density at radius 3 is 2.74 bits per heavy atom. The van der Waals surface area contributed by atoms with E-state index in [2.05, 4.69) is 9.88 Å². The van der Waals surface area contributed by atoms with Gasteiger partial charge in [0.2, 0.25) is 10.0 Å². The maximum Gasteiger partial charge on any atom is 0.211 e. The van der Waals surface area contributed by atoms with Crippen molar-refractivity contribution in [2.24, 2.45) is 5.41 Å². The summed E-state index contributed by atoms with van der Waals surface area (Å²) in [5.41, 5.74) is 0.117. The number of hydrogen-bond donors (Lipinski definition) is 0. The average Bonchev–Trinajstić information content (AvgIpc) is 3.10. The van der Waals surface area contributed by atoms with Gasteiger partial charge in [0.05, 0.1) is 19.4 Å². The molecule has 0 aliphatic carbocycles. The molecular weight excluding hydrogens is 334 g/mol. The monoisotopic (exact) mass is 359 g/mol. The number of sulfonamides is 1. The van der Waals surface area contributed by atoms with Crippen molar-refractivity contribution in [1.82, 2.24) is 14.2 Å². The van der Waals surface area contributed by atoms with Gasteiger partial charge >= 0.3 is 0 Å². The fourth-order valence-electron chi connectivity index (χ4n) is 3.92. The van der Waals surface area contributed by atoms with Crippen LogP contribution in [0.25, 0.3) is 0 Å². The molecule has 0 radical (unpaired) electrons. The largest absolute Gasteiger partial charge is 0.383 e. The number of rotatable bonds is 5. The maximum atomic E-state index is 12.1. The van der Waals surface area contributed by atoms with Crippen molar-refractivity contribution in [3.8, 4) is 0 Å². The summed E-state index contributed by atoms with van der Waals surface area (Å²) in [5.74, 6) is 0. The molecule has 130 valence electrons. The van der Waals surface area contributed by atoms with E-state index in [1.165, 1.54) is 6.26 Å². The summed E-state index contributed by atoms with van der Waals surface area (Å²) < 4.78 is 31.1. The zero-order chi connectivity index (χ0) is 16.5. The summed E-state index contributed by atoms with van der Waals surface area (Å²) in [5, 5.41) is 3.17. The van der Waals surface area contributed by atoms with E-state index in [9.17, 15) is 8.42 Å². The summed E-state index contributed by atoms with van der Waals surface area (Å²) in [4.78, 5) is 6.78. The van der Waals surface area contributed by atoms with E-state index in [1.54, 1.807) is 22.8 Å². The third-order valence-electron chi connectivity index (χ3n) is 5.11. The minimum Gasteiger partial charge on any atom is -0.383 e. The first-order chi connectivity index (χ1) is 10.9. The highest BCUT2D eigenvalue weighted by molar-refractivity contribution is 7.88. The van der Waals surface area contributed by atoms with Crippen LogP contribution < -0.4 is 0 Å². The highest BCUT2D eigenvalue weighted by atomic mass is 32.2. The molecule has 0 bridgehead atoms.